The zero-order chi connectivity index (χ0) is 21.8. The summed E-state index contributed by atoms with van der Waals surface area (Å²) in [7, 11) is 0. The summed E-state index contributed by atoms with van der Waals surface area (Å²) in [6.45, 7) is 2.42. The normalized spacial score (nSPS) is 12.5. The molecular formula is C24H16N4O2S2. The Hall–Kier alpha value is -3.62. The lowest BCUT2D eigenvalue weighted by Crippen LogP contribution is -2.12. The number of nitrogens with zero attached hydrogens (tertiary/aromatic N) is 2. The van der Waals surface area contributed by atoms with E-state index in [1.807, 2.05) is 30.5 Å². The van der Waals surface area contributed by atoms with Gasteiger partial charge in [-0.3, -0.25) is 14.6 Å². The molecule has 6 rings (SSSR count). The Morgan fingerprint density at radius 1 is 1.16 bits per heavy atom. The molecule has 5 aromatic rings. The number of nitrogens with one attached hydrogen (secondary N) is 2. The van der Waals surface area contributed by atoms with Gasteiger partial charge in [-0.2, -0.15) is 0 Å². The highest BCUT2D eigenvalue weighted by atomic mass is 32.1. The number of aromatic amines is 1. The van der Waals surface area contributed by atoms with Gasteiger partial charge in [0.25, 0.3) is 11.5 Å². The zero-order valence-corrected chi connectivity index (χ0v) is 18.6. The van der Waals surface area contributed by atoms with E-state index in [0.717, 1.165) is 16.0 Å². The third-order valence-corrected chi connectivity index (χ3v) is 8.00. The van der Waals surface area contributed by atoms with Crippen molar-refractivity contribution in [1.29, 1.82) is 0 Å². The van der Waals surface area contributed by atoms with E-state index in [0.29, 0.717) is 32.9 Å². The van der Waals surface area contributed by atoms with Crippen molar-refractivity contribution in [2.75, 3.05) is 5.32 Å². The maximum absolute atomic E-state index is 13.1. The van der Waals surface area contributed by atoms with Gasteiger partial charge in [0.05, 0.1) is 23.1 Å². The minimum atomic E-state index is -0.248. The minimum Gasteiger partial charge on any atom is -0.321 e. The summed E-state index contributed by atoms with van der Waals surface area (Å²) in [6.07, 6.45) is 3.22. The number of fused-ring (bicyclic) bond motifs is 3. The molecule has 0 radical (unpaired) electrons. The van der Waals surface area contributed by atoms with Crippen molar-refractivity contribution in [1.82, 2.24) is 9.97 Å². The molecule has 0 saturated carbocycles. The first-order chi connectivity index (χ1) is 15.6. The highest BCUT2D eigenvalue weighted by molar-refractivity contribution is 7.22. The van der Waals surface area contributed by atoms with Crippen molar-refractivity contribution in [2.24, 2.45) is 4.99 Å². The molecule has 0 bridgehead atoms. The number of aliphatic imine (C=N–C) groups is 1. The Balaban J connectivity index is 1.42. The number of amides is 1. The lowest BCUT2D eigenvalue weighted by molar-refractivity contribution is 0.103. The first kappa shape index (κ1) is 19.1. The van der Waals surface area contributed by atoms with E-state index < -0.39 is 0 Å². The number of benzene rings is 2. The van der Waals surface area contributed by atoms with Gasteiger partial charge in [0.1, 0.15) is 4.83 Å². The number of carbonyl (C=O) groups is 1. The Bertz CT molecular complexity index is 1610. The van der Waals surface area contributed by atoms with Crippen LogP contribution in [0.4, 0.5) is 5.69 Å². The number of carbonyl (C=O) groups excluding carboxylic acids is 1. The van der Waals surface area contributed by atoms with E-state index in [9.17, 15) is 9.59 Å². The number of aromatic nitrogens is 2. The molecule has 1 amide bonds. The van der Waals surface area contributed by atoms with Crippen LogP contribution in [0.1, 0.15) is 26.4 Å². The van der Waals surface area contributed by atoms with Gasteiger partial charge in [-0.15, -0.1) is 22.7 Å². The number of rotatable bonds is 3. The predicted octanol–water partition coefficient (Wildman–Crippen LogP) is 5.36. The van der Waals surface area contributed by atoms with Crippen molar-refractivity contribution < 1.29 is 4.79 Å². The fourth-order valence-corrected chi connectivity index (χ4v) is 6.26. The Morgan fingerprint density at radius 3 is 2.88 bits per heavy atom. The molecule has 0 unspecified atom stereocenters. The zero-order valence-electron chi connectivity index (χ0n) is 16.9. The molecule has 0 aliphatic carbocycles. The number of H-pyrrole nitrogens is 1. The van der Waals surface area contributed by atoms with Gasteiger partial charge in [-0.1, -0.05) is 18.2 Å². The molecule has 32 heavy (non-hydrogen) atoms. The smallest absolute Gasteiger partial charge is 0.266 e. The van der Waals surface area contributed by atoms with Gasteiger partial charge in [0, 0.05) is 27.0 Å². The highest BCUT2D eigenvalue weighted by Crippen LogP contribution is 2.39. The maximum Gasteiger partial charge on any atom is 0.266 e. The second-order valence-corrected chi connectivity index (χ2v) is 9.71. The Morgan fingerprint density at radius 2 is 2.03 bits per heavy atom. The summed E-state index contributed by atoms with van der Waals surface area (Å²) in [4.78, 5) is 38.7. The van der Waals surface area contributed by atoms with Crippen molar-refractivity contribution in [3.63, 3.8) is 0 Å². The first-order valence-electron chi connectivity index (χ1n) is 10.0. The van der Waals surface area contributed by atoms with E-state index in [-0.39, 0.29) is 11.5 Å². The van der Waals surface area contributed by atoms with Gasteiger partial charge >= 0.3 is 0 Å². The fourth-order valence-electron chi connectivity index (χ4n) is 4.11. The van der Waals surface area contributed by atoms with Crippen LogP contribution in [0, 0.1) is 6.92 Å². The molecule has 1 aliphatic heterocycles. The van der Waals surface area contributed by atoms with E-state index in [1.54, 1.807) is 18.3 Å². The molecule has 1 aliphatic rings. The molecule has 3 aromatic heterocycles. The molecule has 4 heterocycles. The molecule has 0 atom stereocenters. The molecule has 8 heteroatoms. The van der Waals surface area contributed by atoms with E-state index in [4.69, 9.17) is 0 Å². The SMILES string of the molecule is Cc1c(C(=O)Nc2cc3c(c(-c4cc5ccccc5s4)c2)CN=C3)sc2nc[nH]c(=O)c12. The topological polar surface area (TPSA) is 87.2 Å². The van der Waals surface area contributed by atoms with Gasteiger partial charge in [0.2, 0.25) is 0 Å². The molecule has 2 aromatic carbocycles. The highest BCUT2D eigenvalue weighted by Gasteiger charge is 2.21. The van der Waals surface area contributed by atoms with Crippen LogP contribution in [-0.2, 0) is 6.54 Å². The number of hydrogen-bond donors (Lipinski definition) is 2. The first-order valence-corrected chi connectivity index (χ1v) is 11.7. The van der Waals surface area contributed by atoms with Crippen LogP contribution in [0.5, 0.6) is 0 Å². The van der Waals surface area contributed by atoms with Crippen LogP contribution in [0.25, 0.3) is 30.7 Å². The lowest BCUT2D eigenvalue weighted by atomic mass is 10.00. The van der Waals surface area contributed by atoms with Crippen LogP contribution in [0.15, 0.2) is 58.6 Å². The number of hydrogen-bond acceptors (Lipinski definition) is 6. The van der Waals surface area contributed by atoms with Crippen LogP contribution in [0.3, 0.4) is 0 Å². The van der Waals surface area contributed by atoms with Crippen molar-refractivity contribution >= 4 is 60.8 Å². The predicted molar refractivity (Wildman–Crippen MR) is 131 cm³/mol. The Kier molecular flexibility index (Phi) is 4.31. The van der Waals surface area contributed by atoms with Gasteiger partial charge < -0.3 is 10.3 Å². The summed E-state index contributed by atoms with van der Waals surface area (Å²) >= 11 is 2.96. The van der Waals surface area contributed by atoms with Crippen LogP contribution < -0.4 is 10.9 Å². The third kappa shape index (κ3) is 2.99. The summed E-state index contributed by atoms with van der Waals surface area (Å²) in [6, 6.07) is 14.5. The largest absolute Gasteiger partial charge is 0.321 e. The van der Waals surface area contributed by atoms with Crippen molar-refractivity contribution in [3.8, 4) is 10.4 Å². The summed E-state index contributed by atoms with van der Waals surface area (Å²) in [5, 5.41) is 4.70. The monoisotopic (exact) mass is 456 g/mol. The molecular weight excluding hydrogens is 440 g/mol. The van der Waals surface area contributed by atoms with E-state index >= 15 is 0 Å². The second kappa shape index (κ2) is 7.22. The van der Waals surface area contributed by atoms with Crippen molar-refractivity contribution in [2.45, 2.75) is 13.5 Å². The number of anilines is 1. The maximum atomic E-state index is 13.1. The summed E-state index contributed by atoms with van der Waals surface area (Å²) in [5.74, 6) is -0.248. The molecule has 0 fully saturated rings. The van der Waals surface area contributed by atoms with Crippen LogP contribution in [0.2, 0.25) is 0 Å². The molecule has 156 valence electrons. The van der Waals surface area contributed by atoms with Crippen molar-refractivity contribution in [3.05, 3.63) is 80.7 Å². The van der Waals surface area contributed by atoms with Crippen LogP contribution >= 0.6 is 22.7 Å². The van der Waals surface area contributed by atoms with Gasteiger partial charge in [-0.25, -0.2) is 4.98 Å². The van der Waals surface area contributed by atoms with Gasteiger partial charge in [0.15, 0.2) is 0 Å². The quantitative estimate of drug-likeness (QED) is 0.383. The lowest BCUT2D eigenvalue weighted by Gasteiger charge is -2.11. The number of thiophene rings is 2. The second-order valence-electron chi connectivity index (χ2n) is 7.63. The molecule has 6 nitrogen and oxygen atoms in total. The molecule has 2 N–H and O–H groups in total. The molecule has 0 spiro atoms. The molecule has 0 saturated heterocycles. The van der Waals surface area contributed by atoms with E-state index in [1.165, 1.54) is 33.3 Å². The minimum absolute atomic E-state index is 0.233. The Labute approximate surface area is 190 Å². The standard InChI is InChI=1S/C24H16N4O2S2/c1-12-20-22(29)26-11-27-24(20)32-21(12)23(30)28-15-6-14-9-25-10-17(14)16(8-15)19-7-13-4-2-3-5-18(13)31-19/h2-9,11H,10H2,1H3,(H,28,30)(H,26,27,29). The average molecular weight is 457 g/mol. The third-order valence-electron chi connectivity index (χ3n) is 5.65. The summed E-state index contributed by atoms with van der Waals surface area (Å²) in [5.41, 5.74) is 4.38. The van der Waals surface area contributed by atoms with Crippen LogP contribution in [-0.4, -0.2) is 22.1 Å². The summed E-state index contributed by atoms with van der Waals surface area (Å²) < 4.78 is 1.23. The fraction of sp³-hybridized carbons (Fsp3) is 0.0833. The van der Waals surface area contributed by atoms with Gasteiger partial charge in [-0.05, 0) is 53.3 Å². The average Bonchev–Trinajstić information content (AvgIpc) is 3.50. The number of aryl methyl sites for hydroxylation is 1. The van der Waals surface area contributed by atoms with E-state index in [2.05, 4.69) is 38.5 Å².